The fraction of sp³-hybridized carbons (Fsp3) is 0.727. The van der Waals surface area contributed by atoms with Crippen LogP contribution in [-0.4, -0.2) is 28.8 Å². The number of imidazole rings is 1. The summed E-state index contributed by atoms with van der Waals surface area (Å²) in [5.41, 5.74) is 5.99. The molecule has 1 unspecified atom stereocenters. The highest BCUT2D eigenvalue weighted by atomic mass is 16.5. The van der Waals surface area contributed by atoms with Crippen molar-refractivity contribution in [1.82, 2.24) is 9.55 Å². The third kappa shape index (κ3) is 3.32. The van der Waals surface area contributed by atoms with Crippen molar-refractivity contribution in [3.63, 3.8) is 0 Å². The lowest BCUT2D eigenvalue weighted by Crippen LogP contribution is -2.44. The molecule has 0 bridgehead atoms. The second-order valence-corrected chi connectivity index (χ2v) is 4.10. The van der Waals surface area contributed by atoms with Crippen molar-refractivity contribution in [2.75, 3.05) is 13.7 Å². The van der Waals surface area contributed by atoms with Crippen LogP contribution in [0.5, 0.6) is 0 Å². The van der Waals surface area contributed by atoms with Crippen LogP contribution in [0.3, 0.4) is 0 Å². The largest absolute Gasteiger partial charge is 0.383 e. The first-order valence-corrected chi connectivity index (χ1v) is 5.35. The van der Waals surface area contributed by atoms with E-state index < -0.39 is 0 Å². The predicted octanol–water partition coefficient (Wildman–Crippen LogP) is 1.11. The Labute approximate surface area is 91.4 Å². The quantitative estimate of drug-likeness (QED) is 0.766. The van der Waals surface area contributed by atoms with Crippen LogP contribution in [0.1, 0.15) is 25.6 Å². The molecule has 86 valence electrons. The molecule has 15 heavy (non-hydrogen) atoms. The highest BCUT2D eigenvalue weighted by Gasteiger charge is 2.22. The number of nitrogens with zero attached hydrogens (tertiary/aromatic N) is 2. The van der Waals surface area contributed by atoms with Crippen molar-refractivity contribution in [2.45, 2.75) is 31.7 Å². The van der Waals surface area contributed by atoms with Gasteiger partial charge < -0.3 is 15.0 Å². The van der Waals surface area contributed by atoms with Crippen LogP contribution in [-0.2, 0) is 18.2 Å². The molecule has 4 nitrogen and oxygen atoms in total. The fourth-order valence-electron chi connectivity index (χ4n) is 1.64. The monoisotopic (exact) mass is 211 g/mol. The van der Waals surface area contributed by atoms with E-state index in [9.17, 15) is 0 Å². The average molecular weight is 211 g/mol. The minimum Gasteiger partial charge on any atom is -0.383 e. The van der Waals surface area contributed by atoms with E-state index >= 15 is 0 Å². The van der Waals surface area contributed by atoms with Gasteiger partial charge in [0.15, 0.2) is 0 Å². The van der Waals surface area contributed by atoms with Gasteiger partial charge in [-0.3, -0.25) is 0 Å². The molecule has 0 saturated carbocycles. The van der Waals surface area contributed by atoms with Gasteiger partial charge in [0.05, 0.1) is 6.61 Å². The topological polar surface area (TPSA) is 53.1 Å². The maximum absolute atomic E-state index is 6.21. The first kappa shape index (κ1) is 12.2. The zero-order valence-electron chi connectivity index (χ0n) is 9.86. The van der Waals surface area contributed by atoms with Crippen LogP contribution < -0.4 is 5.73 Å². The predicted molar refractivity (Wildman–Crippen MR) is 60.6 cm³/mol. The number of aryl methyl sites for hydroxylation is 2. The molecule has 0 fully saturated rings. The molecule has 1 aromatic heterocycles. The van der Waals surface area contributed by atoms with Crippen molar-refractivity contribution >= 4 is 0 Å². The molecule has 0 aromatic carbocycles. The summed E-state index contributed by atoms with van der Waals surface area (Å²) in [6.07, 6.45) is 6.50. The lowest BCUT2D eigenvalue weighted by atomic mass is 9.92. The zero-order valence-corrected chi connectivity index (χ0v) is 9.86. The van der Waals surface area contributed by atoms with E-state index in [0.29, 0.717) is 6.61 Å². The normalized spacial score (nSPS) is 15.2. The minimum absolute atomic E-state index is 0.222. The van der Waals surface area contributed by atoms with Gasteiger partial charge in [-0.1, -0.05) is 6.92 Å². The molecule has 1 atom stereocenters. The van der Waals surface area contributed by atoms with Crippen LogP contribution in [0.25, 0.3) is 0 Å². The van der Waals surface area contributed by atoms with Crippen LogP contribution in [0, 0.1) is 0 Å². The third-order valence-electron chi connectivity index (χ3n) is 2.90. The lowest BCUT2D eigenvalue weighted by molar-refractivity contribution is 0.124. The Morgan fingerprint density at radius 2 is 2.33 bits per heavy atom. The Hall–Kier alpha value is -0.870. The van der Waals surface area contributed by atoms with Gasteiger partial charge in [0.1, 0.15) is 5.82 Å². The minimum atomic E-state index is -0.222. The highest BCUT2D eigenvalue weighted by Crippen LogP contribution is 2.15. The average Bonchev–Trinajstić information content (AvgIpc) is 2.62. The summed E-state index contributed by atoms with van der Waals surface area (Å²) in [7, 11) is 3.70. The van der Waals surface area contributed by atoms with E-state index in [2.05, 4.69) is 11.9 Å². The van der Waals surface area contributed by atoms with Crippen molar-refractivity contribution < 1.29 is 4.74 Å². The highest BCUT2D eigenvalue weighted by molar-refractivity contribution is 4.94. The molecular formula is C11H21N3O. The molecule has 1 heterocycles. The molecule has 1 rings (SSSR count). The fourth-order valence-corrected chi connectivity index (χ4v) is 1.64. The summed E-state index contributed by atoms with van der Waals surface area (Å²) in [4.78, 5) is 4.28. The zero-order chi connectivity index (χ0) is 11.3. The van der Waals surface area contributed by atoms with Gasteiger partial charge in [0, 0.05) is 38.5 Å². The van der Waals surface area contributed by atoms with Gasteiger partial charge in [-0.2, -0.15) is 0 Å². The number of hydrogen-bond donors (Lipinski definition) is 1. The number of methoxy groups -OCH3 is 1. The van der Waals surface area contributed by atoms with Crippen LogP contribution in [0.15, 0.2) is 12.4 Å². The van der Waals surface area contributed by atoms with E-state index in [1.807, 2.05) is 24.0 Å². The molecule has 0 saturated heterocycles. The third-order valence-corrected chi connectivity index (χ3v) is 2.90. The summed E-state index contributed by atoms with van der Waals surface area (Å²) in [6.45, 7) is 2.70. The maximum Gasteiger partial charge on any atom is 0.108 e. The smallest absolute Gasteiger partial charge is 0.108 e. The Bertz CT molecular complexity index is 298. The molecule has 0 aliphatic rings. The Balaban J connectivity index is 2.51. The van der Waals surface area contributed by atoms with Crippen LogP contribution >= 0.6 is 0 Å². The van der Waals surface area contributed by atoms with E-state index in [-0.39, 0.29) is 5.54 Å². The number of ether oxygens (including phenoxy) is 1. The van der Waals surface area contributed by atoms with Crippen molar-refractivity contribution in [2.24, 2.45) is 12.8 Å². The molecular weight excluding hydrogens is 190 g/mol. The van der Waals surface area contributed by atoms with Crippen LogP contribution in [0.4, 0.5) is 0 Å². The van der Waals surface area contributed by atoms with Gasteiger partial charge in [0.2, 0.25) is 0 Å². The first-order valence-electron chi connectivity index (χ1n) is 5.35. The Kier molecular flexibility index (Phi) is 4.29. The van der Waals surface area contributed by atoms with Gasteiger partial charge in [0.25, 0.3) is 0 Å². The molecule has 0 aliphatic heterocycles. The van der Waals surface area contributed by atoms with E-state index in [0.717, 1.165) is 25.1 Å². The first-order chi connectivity index (χ1) is 7.11. The summed E-state index contributed by atoms with van der Waals surface area (Å²) in [6, 6.07) is 0. The van der Waals surface area contributed by atoms with Gasteiger partial charge in [-0.15, -0.1) is 0 Å². The lowest BCUT2D eigenvalue weighted by Gasteiger charge is -2.27. The number of hydrogen-bond acceptors (Lipinski definition) is 3. The number of nitrogens with two attached hydrogens (primary N) is 1. The van der Waals surface area contributed by atoms with Crippen molar-refractivity contribution in [3.8, 4) is 0 Å². The van der Waals surface area contributed by atoms with Crippen molar-refractivity contribution in [1.29, 1.82) is 0 Å². The maximum atomic E-state index is 6.21. The summed E-state index contributed by atoms with van der Waals surface area (Å²) in [5.74, 6) is 1.08. The summed E-state index contributed by atoms with van der Waals surface area (Å²) < 4.78 is 7.18. The van der Waals surface area contributed by atoms with Crippen molar-refractivity contribution in [3.05, 3.63) is 18.2 Å². The van der Waals surface area contributed by atoms with E-state index in [1.54, 1.807) is 7.11 Å². The number of rotatable bonds is 6. The molecule has 0 radical (unpaired) electrons. The molecule has 0 amide bonds. The number of aromatic nitrogens is 2. The second-order valence-electron chi connectivity index (χ2n) is 4.10. The van der Waals surface area contributed by atoms with Crippen LogP contribution in [0.2, 0.25) is 0 Å². The van der Waals surface area contributed by atoms with Gasteiger partial charge in [-0.25, -0.2) is 4.98 Å². The SMILES string of the molecule is CCC(N)(CCc1nccn1C)COC. The molecule has 0 aliphatic carbocycles. The summed E-state index contributed by atoms with van der Waals surface area (Å²) in [5, 5.41) is 0. The molecule has 2 N–H and O–H groups in total. The van der Waals surface area contributed by atoms with E-state index in [4.69, 9.17) is 10.5 Å². The summed E-state index contributed by atoms with van der Waals surface area (Å²) >= 11 is 0. The molecule has 0 spiro atoms. The standard InChI is InChI=1S/C11H21N3O/c1-4-11(12,9-15-3)6-5-10-13-7-8-14(10)2/h7-8H,4-6,9,12H2,1-3H3. The van der Waals surface area contributed by atoms with E-state index in [1.165, 1.54) is 0 Å². The second kappa shape index (κ2) is 5.28. The Morgan fingerprint density at radius 1 is 1.60 bits per heavy atom. The molecule has 1 aromatic rings. The Morgan fingerprint density at radius 3 is 2.80 bits per heavy atom. The van der Waals surface area contributed by atoms with Gasteiger partial charge >= 0.3 is 0 Å². The van der Waals surface area contributed by atoms with Gasteiger partial charge in [-0.05, 0) is 12.8 Å². The molecule has 4 heteroatoms.